The van der Waals surface area contributed by atoms with Crippen molar-refractivity contribution in [1.82, 2.24) is 15.1 Å². The molecule has 2 N–H and O–H groups in total. The standard InChI is InChI=1S/C34H46N4O7/c1-22(2)37(33(40)23-10-13-29(43-4)31(16-23)44-15-7-14-42-3)20-24-18-35-19-25(24)21-38(26-11-12-26)34(41)45-30-17-32(39)36-28-9-6-5-8-27(28)30/h5-6,8-10,13,16,22,24-26,30,35H,7,11-12,14-15,17-21H2,1-4H3,(H,36,39)/t24-,25-,30?/m0/s1. The van der Waals surface area contributed by atoms with Gasteiger partial charge in [0.25, 0.3) is 5.91 Å². The molecule has 244 valence electrons. The number of fused-ring (bicyclic) bond motifs is 1. The summed E-state index contributed by atoms with van der Waals surface area (Å²) in [6.07, 6.45) is 1.70. The zero-order valence-corrected chi connectivity index (χ0v) is 26.8. The summed E-state index contributed by atoms with van der Waals surface area (Å²) in [5.74, 6) is 1.15. The predicted octanol–water partition coefficient (Wildman–Crippen LogP) is 4.48. The molecule has 11 heteroatoms. The summed E-state index contributed by atoms with van der Waals surface area (Å²) < 4.78 is 22.5. The van der Waals surface area contributed by atoms with Gasteiger partial charge in [-0.1, -0.05) is 18.2 Å². The first kappa shape index (κ1) is 32.6. The van der Waals surface area contributed by atoms with E-state index in [2.05, 4.69) is 10.6 Å². The smallest absolute Gasteiger partial charge is 0.410 e. The molecule has 0 radical (unpaired) electrons. The van der Waals surface area contributed by atoms with Gasteiger partial charge in [-0.3, -0.25) is 9.59 Å². The molecular weight excluding hydrogens is 576 g/mol. The van der Waals surface area contributed by atoms with E-state index in [-0.39, 0.29) is 48.2 Å². The first-order chi connectivity index (χ1) is 21.8. The number of rotatable bonds is 14. The summed E-state index contributed by atoms with van der Waals surface area (Å²) in [6.45, 7) is 7.66. The predicted molar refractivity (Wildman–Crippen MR) is 170 cm³/mol. The highest BCUT2D eigenvalue weighted by Gasteiger charge is 2.40. The quantitative estimate of drug-likeness (QED) is 0.296. The number of benzene rings is 2. The van der Waals surface area contributed by atoms with Crippen LogP contribution in [0, 0.1) is 11.8 Å². The van der Waals surface area contributed by atoms with Crippen molar-refractivity contribution in [1.29, 1.82) is 0 Å². The van der Waals surface area contributed by atoms with E-state index in [1.807, 2.05) is 47.9 Å². The summed E-state index contributed by atoms with van der Waals surface area (Å²) in [5.41, 5.74) is 2.04. The largest absolute Gasteiger partial charge is 0.493 e. The summed E-state index contributed by atoms with van der Waals surface area (Å²) >= 11 is 0. The number of anilines is 1. The molecule has 11 nitrogen and oxygen atoms in total. The molecule has 0 aromatic heterocycles. The third kappa shape index (κ3) is 8.07. The number of nitrogens with one attached hydrogen (secondary N) is 2. The van der Waals surface area contributed by atoms with Crippen LogP contribution in [0.25, 0.3) is 0 Å². The third-order valence-electron chi connectivity index (χ3n) is 8.81. The lowest BCUT2D eigenvalue weighted by molar-refractivity contribution is -0.118. The molecule has 1 aliphatic carbocycles. The second kappa shape index (κ2) is 15.0. The first-order valence-corrected chi connectivity index (χ1v) is 16.0. The molecule has 45 heavy (non-hydrogen) atoms. The summed E-state index contributed by atoms with van der Waals surface area (Å²) in [4.78, 5) is 43.5. The van der Waals surface area contributed by atoms with Gasteiger partial charge >= 0.3 is 6.09 Å². The number of nitrogens with zero attached hydrogens (tertiary/aromatic N) is 2. The fraction of sp³-hybridized carbons (Fsp3) is 0.559. The molecule has 1 saturated heterocycles. The Morgan fingerprint density at radius 1 is 0.978 bits per heavy atom. The summed E-state index contributed by atoms with van der Waals surface area (Å²) in [6, 6.07) is 12.8. The van der Waals surface area contributed by atoms with Crippen LogP contribution in [0.5, 0.6) is 11.5 Å². The SMILES string of the molecule is COCCCOc1cc(C(=O)N(C[C@@H]2CNC[C@H]2CN(C(=O)OC2CC(=O)Nc3ccccc32)C2CC2)C(C)C)ccc1OC. The fourth-order valence-electron chi connectivity index (χ4n) is 6.15. The maximum Gasteiger partial charge on any atom is 0.410 e. The lowest BCUT2D eigenvalue weighted by Crippen LogP contribution is -2.45. The van der Waals surface area contributed by atoms with Gasteiger partial charge in [-0.25, -0.2) is 4.79 Å². The Morgan fingerprint density at radius 2 is 1.73 bits per heavy atom. The van der Waals surface area contributed by atoms with Crippen LogP contribution in [0.15, 0.2) is 42.5 Å². The molecule has 5 rings (SSSR count). The van der Waals surface area contributed by atoms with E-state index in [9.17, 15) is 14.4 Å². The molecule has 3 atom stereocenters. The number of ether oxygens (including phenoxy) is 4. The monoisotopic (exact) mass is 622 g/mol. The minimum Gasteiger partial charge on any atom is -0.493 e. The minimum atomic E-state index is -0.617. The number of carbonyl (C=O) groups is 3. The van der Waals surface area contributed by atoms with Crippen molar-refractivity contribution in [3.63, 3.8) is 0 Å². The Labute approximate surface area is 265 Å². The van der Waals surface area contributed by atoms with Crippen LogP contribution >= 0.6 is 0 Å². The van der Waals surface area contributed by atoms with Gasteiger partial charge in [0.1, 0.15) is 6.10 Å². The maximum atomic E-state index is 13.9. The minimum absolute atomic E-state index is 0.0334. The molecule has 2 aliphatic heterocycles. The Bertz CT molecular complexity index is 1350. The average Bonchev–Trinajstić information content (AvgIpc) is 3.78. The van der Waals surface area contributed by atoms with Crippen molar-refractivity contribution in [2.24, 2.45) is 11.8 Å². The second-order valence-electron chi connectivity index (χ2n) is 12.4. The van der Waals surface area contributed by atoms with Gasteiger partial charge in [-0.05, 0) is 62.8 Å². The molecule has 3 amide bonds. The van der Waals surface area contributed by atoms with Gasteiger partial charge in [-0.15, -0.1) is 0 Å². The number of carbonyl (C=O) groups excluding carboxylic acids is 3. The third-order valence-corrected chi connectivity index (χ3v) is 8.81. The Balaban J connectivity index is 1.25. The lowest BCUT2D eigenvalue weighted by Gasteiger charge is -2.34. The van der Waals surface area contributed by atoms with Gasteiger partial charge in [0.05, 0.1) is 20.1 Å². The van der Waals surface area contributed by atoms with Crippen molar-refractivity contribution in [2.75, 3.05) is 58.9 Å². The molecule has 1 saturated carbocycles. The topological polar surface area (TPSA) is 119 Å². The molecular formula is C34H46N4O7. The van der Waals surface area contributed by atoms with Gasteiger partial charge in [-0.2, -0.15) is 0 Å². The van der Waals surface area contributed by atoms with Gasteiger partial charge in [0.15, 0.2) is 11.5 Å². The highest BCUT2D eigenvalue weighted by molar-refractivity contribution is 5.95. The van der Waals surface area contributed by atoms with E-state index in [0.717, 1.165) is 37.9 Å². The van der Waals surface area contributed by atoms with E-state index >= 15 is 0 Å². The van der Waals surface area contributed by atoms with E-state index < -0.39 is 6.10 Å². The van der Waals surface area contributed by atoms with Crippen LogP contribution < -0.4 is 20.1 Å². The fourth-order valence-corrected chi connectivity index (χ4v) is 6.15. The van der Waals surface area contributed by atoms with Crippen LogP contribution in [-0.4, -0.2) is 93.4 Å². The highest BCUT2D eigenvalue weighted by atomic mass is 16.6. The zero-order valence-electron chi connectivity index (χ0n) is 26.8. The first-order valence-electron chi connectivity index (χ1n) is 16.0. The van der Waals surface area contributed by atoms with Crippen LogP contribution in [0.1, 0.15) is 61.6 Å². The van der Waals surface area contributed by atoms with Crippen LogP contribution in [0.3, 0.4) is 0 Å². The molecule has 2 aromatic carbocycles. The number of hydrogen-bond donors (Lipinski definition) is 2. The molecule has 1 unspecified atom stereocenters. The summed E-state index contributed by atoms with van der Waals surface area (Å²) in [5, 5.41) is 6.35. The summed E-state index contributed by atoms with van der Waals surface area (Å²) in [7, 11) is 3.23. The Hall–Kier alpha value is -3.83. The van der Waals surface area contributed by atoms with Crippen molar-refractivity contribution in [3.8, 4) is 11.5 Å². The number of methoxy groups -OCH3 is 2. The zero-order chi connectivity index (χ0) is 31.9. The van der Waals surface area contributed by atoms with Gasteiger partial charge in [0, 0.05) is 75.2 Å². The molecule has 2 fully saturated rings. The van der Waals surface area contributed by atoms with Crippen molar-refractivity contribution in [2.45, 2.75) is 57.7 Å². The van der Waals surface area contributed by atoms with Crippen molar-refractivity contribution >= 4 is 23.6 Å². The number of hydrogen-bond acceptors (Lipinski definition) is 8. The average molecular weight is 623 g/mol. The van der Waals surface area contributed by atoms with Crippen molar-refractivity contribution in [3.05, 3.63) is 53.6 Å². The van der Waals surface area contributed by atoms with E-state index in [1.165, 1.54) is 0 Å². The molecule has 2 aromatic rings. The lowest BCUT2D eigenvalue weighted by atomic mass is 9.94. The Kier molecular flexibility index (Phi) is 10.8. The highest BCUT2D eigenvalue weighted by Crippen LogP contribution is 2.36. The van der Waals surface area contributed by atoms with Gasteiger partial charge < -0.3 is 39.4 Å². The Morgan fingerprint density at radius 3 is 2.44 bits per heavy atom. The van der Waals surface area contributed by atoms with Crippen LogP contribution in [-0.2, 0) is 14.3 Å². The molecule has 2 heterocycles. The van der Waals surface area contributed by atoms with E-state index in [1.54, 1.807) is 32.4 Å². The molecule has 0 spiro atoms. The second-order valence-corrected chi connectivity index (χ2v) is 12.4. The maximum absolute atomic E-state index is 13.9. The molecule has 0 bridgehead atoms. The van der Waals surface area contributed by atoms with Crippen molar-refractivity contribution < 1.29 is 33.3 Å². The number of amides is 3. The van der Waals surface area contributed by atoms with E-state index in [4.69, 9.17) is 18.9 Å². The van der Waals surface area contributed by atoms with Crippen LogP contribution in [0.4, 0.5) is 10.5 Å². The van der Waals surface area contributed by atoms with Crippen LogP contribution in [0.2, 0.25) is 0 Å². The molecule has 3 aliphatic rings. The van der Waals surface area contributed by atoms with Gasteiger partial charge in [0.2, 0.25) is 5.91 Å². The number of para-hydroxylation sites is 1. The normalized spacial score (nSPS) is 20.7. The van der Waals surface area contributed by atoms with E-state index in [0.29, 0.717) is 49.1 Å².